The molecular weight excluding hydrogens is 456 g/mol. The Labute approximate surface area is 199 Å². The number of hydrogen-bond donors (Lipinski definition) is 3. The Kier molecular flexibility index (Phi) is 7.34. The fraction of sp³-hybridized carbons (Fsp3) is 0.0800. The highest BCUT2D eigenvalue weighted by Gasteiger charge is 2.09. The van der Waals surface area contributed by atoms with Crippen molar-refractivity contribution < 1.29 is 13.6 Å². The van der Waals surface area contributed by atoms with Gasteiger partial charge in [-0.15, -0.1) is 0 Å². The molecule has 0 atom stereocenters. The first-order valence-electron chi connectivity index (χ1n) is 10.4. The summed E-state index contributed by atoms with van der Waals surface area (Å²) in [5.41, 5.74) is 8.66. The van der Waals surface area contributed by atoms with Crippen LogP contribution in [0.15, 0.2) is 84.1 Å². The second-order valence-electron chi connectivity index (χ2n) is 7.38. The van der Waals surface area contributed by atoms with Crippen LogP contribution in [0.4, 0.5) is 26.0 Å². The number of rotatable bonds is 8. The molecule has 1 aromatic heterocycles. The second kappa shape index (κ2) is 10.8. The third-order valence-corrected chi connectivity index (χ3v) is 5.80. The molecule has 172 valence electrons. The van der Waals surface area contributed by atoms with E-state index >= 15 is 0 Å². The number of benzene rings is 3. The van der Waals surface area contributed by atoms with Crippen LogP contribution in [-0.2, 0) is 12.3 Å². The minimum absolute atomic E-state index is 0.163. The van der Waals surface area contributed by atoms with Gasteiger partial charge in [0.25, 0.3) is 5.91 Å². The Balaban J connectivity index is 1.31. The third kappa shape index (κ3) is 6.29. The Morgan fingerprint density at radius 3 is 2.35 bits per heavy atom. The number of aromatic nitrogens is 2. The summed E-state index contributed by atoms with van der Waals surface area (Å²) in [5, 5.41) is 6.50. The minimum Gasteiger partial charge on any atom is -0.397 e. The summed E-state index contributed by atoms with van der Waals surface area (Å²) in [6, 6.07) is 19.0. The number of hydrogen-bond acceptors (Lipinski definition) is 6. The standard InChI is InChI=1S/C25H21F2N5OS/c26-19-7-3-16(4-8-19)14-30-23-11-12-29-25(32-23)34-15-17-1-5-18(6-2-17)24(33)31-22-10-9-20(27)13-21(22)28/h1-13H,14-15,28H2,(H,31,33)(H,29,30,32). The van der Waals surface area contributed by atoms with Crippen LogP contribution in [0.5, 0.6) is 0 Å². The summed E-state index contributed by atoms with van der Waals surface area (Å²) in [7, 11) is 0. The van der Waals surface area contributed by atoms with Crippen LogP contribution in [0.25, 0.3) is 0 Å². The maximum atomic E-state index is 13.2. The van der Waals surface area contributed by atoms with Crippen molar-refractivity contribution in [2.45, 2.75) is 17.5 Å². The van der Waals surface area contributed by atoms with Crippen molar-refractivity contribution in [1.29, 1.82) is 0 Å². The number of anilines is 3. The van der Waals surface area contributed by atoms with Gasteiger partial charge in [0.2, 0.25) is 0 Å². The average Bonchev–Trinajstić information content (AvgIpc) is 2.85. The number of nitrogens with two attached hydrogens (primary N) is 1. The van der Waals surface area contributed by atoms with Crippen LogP contribution in [0.3, 0.4) is 0 Å². The van der Waals surface area contributed by atoms with E-state index in [-0.39, 0.29) is 17.4 Å². The average molecular weight is 478 g/mol. The predicted octanol–water partition coefficient (Wildman–Crippen LogP) is 5.49. The van der Waals surface area contributed by atoms with Crippen LogP contribution >= 0.6 is 11.8 Å². The van der Waals surface area contributed by atoms with E-state index in [0.717, 1.165) is 17.2 Å². The van der Waals surface area contributed by atoms with Crippen LogP contribution in [-0.4, -0.2) is 15.9 Å². The molecule has 0 unspecified atom stereocenters. The van der Waals surface area contributed by atoms with Crippen LogP contribution < -0.4 is 16.4 Å². The summed E-state index contributed by atoms with van der Waals surface area (Å²) >= 11 is 1.47. The Morgan fingerprint density at radius 2 is 1.62 bits per heavy atom. The van der Waals surface area contributed by atoms with Gasteiger partial charge >= 0.3 is 0 Å². The molecule has 1 amide bonds. The Morgan fingerprint density at radius 1 is 0.912 bits per heavy atom. The van der Waals surface area contributed by atoms with E-state index < -0.39 is 5.82 Å². The SMILES string of the molecule is Nc1cc(F)ccc1NC(=O)c1ccc(CSc2nccc(NCc3ccc(F)cc3)n2)cc1. The van der Waals surface area contributed by atoms with E-state index in [0.29, 0.717) is 34.5 Å². The van der Waals surface area contributed by atoms with E-state index in [1.807, 2.05) is 12.1 Å². The molecule has 0 bridgehead atoms. The molecule has 4 aromatic rings. The van der Waals surface area contributed by atoms with E-state index in [1.54, 1.807) is 36.5 Å². The summed E-state index contributed by atoms with van der Waals surface area (Å²) in [6.07, 6.45) is 1.68. The van der Waals surface area contributed by atoms with Gasteiger partial charge in [-0.25, -0.2) is 18.7 Å². The molecule has 0 radical (unpaired) electrons. The van der Waals surface area contributed by atoms with Crippen molar-refractivity contribution in [2.75, 3.05) is 16.4 Å². The highest BCUT2D eigenvalue weighted by molar-refractivity contribution is 7.98. The summed E-state index contributed by atoms with van der Waals surface area (Å²) in [6.45, 7) is 0.522. The number of amides is 1. The predicted molar refractivity (Wildman–Crippen MR) is 131 cm³/mol. The van der Waals surface area contributed by atoms with Gasteiger partial charge in [-0.3, -0.25) is 4.79 Å². The molecule has 0 aliphatic carbocycles. The number of nitrogen functional groups attached to an aromatic ring is 1. The summed E-state index contributed by atoms with van der Waals surface area (Å²) in [4.78, 5) is 21.2. The van der Waals surface area contributed by atoms with Crippen molar-refractivity contribution >= 4 is 34.9 Å². The van der Waals surface area contributed by atoms with Gasteiger partial charge in [-0.05, 0) is 59.7 Å². The van der Waals surface area contributed by atoms with Gasteiger partial charge in [0.05, 0.1) is 11.4 Å². The zero-order chi connectivity index (χ0) is 23.9. The zero-order valence-corrected chi connectivity index (χ0v) is 18.8. The van der Waals surface area contributed by atoms with Crippen LogP contribution in [0.2, 0.25) is 0 Å². The van der Waals surface area contributed by atoms with Gasteiger partial charge in [0, 0.05) is 24.1 Å². The molecule has 0 fully saturated rings. The summed E-state index contributed by atoms with van der Waals surface area (Å²) < 4.78 is 26.2. The molecular formula is C25H21F2N5OS. The van der Waals surface area contributed by atoms with E-state index in [9.17, 15) is 13.6 Å². The molecule has 4 rings (SSSR count). The monoisotopic (exact) mass is 477 g/mol. The molecule has 1 heterocycles. The normalized spacial score (nSPS) is 10.6. The van der Waals surface area contributed by atoms with Crippen molar-refractivity contribution in [3.05, 3.63) is 107 Å². The smallest absolute Gasteiger partial charge is 0.255 e. The second-order valence-corrected chi connectivity index (χ2v) is 8.32. The lowest BCUT2D eigenvalue weighted by molar-refractivity contribution is 0.102. The van der Waals surface area contributed by atoms with Crippen molar-refractivity contribution in [2.24, 2.45) is 0 Å². The lowest BCUT2D eigenvalue weighted by Crippen LogP contribution is -2.13. The fourth-order valence-electron chi connectivity index (χ4n) is 3.05. The van der Waals surface area contributed by atoms with Crippen molar-refractivity contribution in [3.63, 3.8) is 0 Å². The number of thioether (sulfide) groups is 1. The van der Waals surface area contributed by atoms with Crippen LogP contribution in [0.1, 0.15) is 21.5 Å². The maximum Gasteiger partial charge on any atom is 0.255 e. The molecule has 34 heavy (non-hydrogen) atoms. The number of carbonyl (C=O) groups is 1. The molecule has 0 spiro atoms. The molecule has 0 aliphatic rings. The van der Waals surface area contributed by atoms with Crippen molar-refractivity contribution in [1.82, 2.24) is 9.97 Å². The Bertz CT molecular complexity index is 1280. The van der Waals surface area contributed by atoms with E-state index in [1.165, 1.54) is 36.0 Å². The minimum atomic E-state index is -0.462. The highest BCUT2D eigenvalue weighted by Crippen LogP contribution is 2.22. The molecule has 0 saturated heterocycles. The van der Waals surface area contributed by atoms with Crippen molar-refractivity contribution in [3.8, 4) is 0 Å². The number of halogens is 2. The van der Waals surface area contributed by atoms with Gasteiger partial charge < -0.3 is 16.4 Å². The molecule has 0 saturated carbocycles. The fourth-order valence-corrected chi connectivity index (χ4v) is 3.83. The largest absolute Gasteiger partial charge is 0.397 e. The number of nitrogens with one attached hydrogen (secondary N) is 2. The lowest BCUT2D eigenvalue weighted by atomic mass is 10.1. The number of nitrogens with zero attached hydrogens (tertiary/aromatic N) is 2. The van der Waals surface area contributed by atoms with E-state index in [2.05, 4.69) is 20.6 Å². The highest BCUT2D eigenvalue weighted by atomic mass is 32.2. The van der Waals surface area contributed by atoms with E-state index in [4.69, 9.17) is 5.73 Å². The zero-order valence-electron chi connectivity index (χ0n) is 18.0. The Hall–Kier alpha value is -3.98. The molecule has 9 heteroatoms. The molecule has 4 N–H and O–H groups in total. The van der Waals surface area contributed by atoms with Gasteiger partial charge in [-0.2, -0.15) is 0 Å². The van der Waals surface area contributed by atoms with Gasteiger partial charge in [0.1, 0.15) is 17.5 Å². The quantitative estimate of drug-likeness (QED) is 0.176. The molecule has 0 aliphatic heterocycles. The topological polar surface area (TPSA) is 92.9 Å². The summed E-state index contributed by atoms with van der Waals surface area (Å²) in [5.74, 6) is 0.231. The maximum absolute atomic E-state index is 13.2. The van der Waals surface area contributed by atoms with Crippen LogP contribution in [0, 0.1) is 11.6 Å². The first-order valence-corrected chi connectivity index (χ1v) is 11.3. The number of carbonyl (C=O) groups excluding carboxylic acids is 1. The molecule has 6 nitrogen and oxygen atoms in total. The third-order valence-electron chi connectivity index (χ3n) is 4.87. The van der Waals surface area contributed by atoms with Gasteiger partial charge in [0.15, 0.2) is 5.16 Å². The first kappa shape index (κ1) is 23.2. The molecule has 3 aromatic carbocycles. The van der Waals surface area contributed by atoms with Gasteiger partial charge in [-0.1, -0.05) is 36.0 Å². The lowest BCUT2D eigenvalue weighted by Gasteiger charge is -2.09. The first-order chi connectivity index (χ1) is 16.5.